The summed E-state index contributed by atoms with van der Waals surface area (Å²) < 4.78 is 5.21. The maximum atomic E-state index is 13.0. The second-order valence-corrected chi connectivity index (χ2v) is 8.31. The molecule has 1 aromatic carbocycles. The first kappa shape index (κ1) is 21.7. The first-order valence-electron chi connectivity index (χ1n) is 10.9. The Kier molecular flexibility index (Phi) is 6.63. The van der Waals surface area contributed by atoms with Crippen molar-refractivity contribution < 1.29 is 9.53 Å². The highest BCUT2D eigenvalue weighted by Gasteiger charge is 2.27. The monoisotopic (exact) mass is 431 g/mol. The van der Waals surface area contributed by atoms with Crippen LogP contribution in [0.1, 0.15) is 30.0 Å². The smallest absolute Gasteiger partial charge is 0.227 e. The van der Waals surface area contributed by atoms with E-state index in [0.717, 1.165) is 47.8 Å². The van der Waals surface area contributed by atoms with E-state index in [1.54, 1.807) is 19.5 Å². The highest BCUT2D eigenvalue weighted by atomic mass is 16.5. The summed E-state index contributed by atoms with van der Waals surface area (Å²) in [6.07, 6.45) is 5.88. The standard InChI is InChI=1S/C25H29N5O2/c1-29(2)23-15-22(27-25(28-23)19-6-4-12-26-16-19)20-7-5-13-30(17-20)24(31)14-18-8-10-21(32-3)11-9-18/h4,6,8-12,15-16,20H,5,7,13-14,17H2,1-3H3/t20-/m1/s1. The fourth-order valence-electron chi connectivity index (χ4n) is 3.99. The highest BCUT2D eigenvalue weighted by Crippen LogP contribution is 2.29. The van der Waals surface area contributed by atoms with Gasteiger partial charge in [-0.05, 0) is 42.7 Å². The van der Waals surface area contributed by atoms with E-state index in [1.165, 1.54) is 0 Å². The minimum atomic E-state index is 0.147. The van der Waals surface area contributed by atoms with Gasteiger partial charge < -0.3 is 14.5 Å². The number of methoxy groups -OCH3 is 1. The number of hydrogen-bond acceptors (Lipinski definition) is 6. The van der Waals surface area contributed by atoms with Gasteiger partial charge in [-0.25, -0.2) is 9.97 Å². The van der Waals surface area contributed by atoms with Gasteiger partial charge in [0.1, 0.15) is 11.6 Å². The van der Waals surface area contributed by atoms with E-state index in [1.807, 2.05) is 66.4 Å². The van der Waals surface area contributed by atoms with Crippen molar-refractivity contribution in [3.63, 3.8) is 0 Å². The second kappa shape index (κ2) is 9.77. The Morgan fingerprint density at radius 2 is 2.00 bits per heavy atom. The molecule has 2 aromatic heterocycles. The van der Waals surface area contributed by atoms with Crippen molar-refractivity contribution in [2.24, 2.45) is 0 Å². The predicted octanol–water partition coefficient (Wildman–Crippen LogP) is 3.56. The van der Waals surface area contributed by atoms with Crippen LogP contribution in [-0.2, 0) is 11.2 Å². The molecule has 7 nitrogen and oxygen atoms in total. The van der Waals surface area contributed by atoms with Crippen LogP contribution in [0.2, 0.25) is 0 Å². The average Bonchev–Trinajstić information content (AvgIpc) is 2.85. The van der Waals surface area contributed by atoms with Crippen molar-refractivity contribution in [3.8, 4) is 17.1 Å². The Labute approximate surface area is 189 Å². The van der Waals surface area contributed by atoms with Crippen molar-refractivity contribution in [1.29, 1.82) is 0 Å². The van der Waals surface area contributed by atoms with E-state index in [9.17, 15) is 4.79 Å². The van der Waals surface area contributed by atoms with Gasteiger partial charge in [-0.3, -0.25) is 9.78 Å². The third-order valence-corrected chi connectivity index (χ3v) is 5.82. The van der Waals surface area contributed by atoms with Gasteiger partial charge in [-0.1, -0.05) is 12.1 Å². The van der Waals surface area contributed by atoms with Crippen LogP contribution >= 0.6 is 0 Å². The van der Waals surface area contributed by atoms with E-state index in [0.29, 0.717) is 18.8 Å². The minimum Gasteiger partial charge on any atom is -0.497 e. The van der Waals surface area contributed by atoms with Gasteiger partial charge in [0.15, 0.2) is 5.82 Å². The number of rotatable bonds is 6. The van der Waals surface area contributed by atoms with Gasteiger partial charge in [-0.2, -0.15) is 0 Å². The van der Waals surface area contributed by atoms with Crippen LogP contribution in [0.25, 0.3) is 11.4 Å². The first-order chi connectivity index (χ1) is 15.5. The quantitative estimate of drug-likeness (QED) is 0.594. The molecule has 0 bridgehead atoms. The number of aromatic nitrogens is 3. The molecular formula is C25H29N5O2. The number of nitrogens with zero attached hydrogens (tertiary/aromatic N) is 5. The zero-order valence-corrected chi connectivity index (χ0v) is 18.9. The molecule has 32 heavy (non-hydrogen) atoms. The Morgan fingerprint density at radius 3 is 2.69 bits per heavy atom. The van der Waals surface area contributed by atoms with E-state index in [-0.39, 0.29) is 11.8 Å². The molecule has 1 aliphatic heterocycles. The molecule has 1 atom stereocenters. The molecule has 0 spiro atoms. The molecule has 0 N–H and O–H groups in total. The highest BCUT2D eigenvalue weighted by molar-refractivity contribution is 5.79. The van der Waals surface area contributed by atoms with Gasteiger partial charge in [0.05, 0.1) is 19.2 Å². The topological polar surface area (TPSA) is 71.5 Å². The average molecular weight is 432 g/mol. The predicted molar refractivity (Wildman–Crippen MR) is 125 cm³/mol. The summed E-state index contributed by atoms with van der Waals surface area (Å²) in [6, 6.07) is 13.6. The molecule has 166 valence electrons. The van der Waals surface area contributed by atoms with E-state index >= 15 is 0 Å². The molecule has 1 saturated heterocycles. The molecule has 1 fully saturated rings. The van der Waals surface area contributed by atoms with Gasteiger partial charge in [0, 0.05) is 57.1 Å². The lowest BCUT2D eigenvalue weighted by molar-refractivity contribution is -0.131. The number of likely N-dealkylation sites (tertiary alicyclic amines) is 1. The molecule has 1 amide bonds. The third kappa shape index (κ3) is 5.04. The zero-order valence-electron chi connectivity index (χ0n) is 18.9. The lowest BCUT2D eigenvalue weighted by atomic mass is 9.93. The van der Waals surface area contributed by atoms with E-state index in [4.69, 9.17) is 14.7 Å². The summed E-state index contributed by atoms with van der Waals surface area (Å²) >= 11 is 0. The lowest BCUT2D eigenvalue weighted by Crippen LogP contribution is -2.40. The third-order valence-electron chi connectivity index (χ3n) is 5.82. The van der Waals surface area contributed by atoms with Crippen LogP contribution in [0.15, 0.2) is 54.9 Å². The molecule has 3 heterocycles. The number of amides is 1. The Morgan fingerprint density at radius 1 is 1.19 bits per heavy atom. The lowest BCUT2D eigenvalue weighted by Gasteiger charge is -2.33. The Balaban J connectivity index is 1.53. The number of anilines is 1. The van der Waals surface area contributed by atoms with Crippen LogP contribution in [0, 0.1) is 0 Å². The zero-order chi connectivity index (χ0) is 22.5. The van der Waals surface area contributed by atoms with E-state index in [2.05, 4.69) is 4.98 Å². The van der Waals surface area contributed by atoms with Crippen molar-refractivity contribution in [2.75, 3.05) is 39.2 Å². The summed E-state index contributed by atoms with van der Waals surface area (Å²) in [4.78, 5) is 30.8. The van der Waals surface area contributed by atoms with Crippen LogP contribution in [0.4, 0.5) is 5.82 Å². The summed E-state index contributed by atoms with van der Waals surface area (Å²) in [6.45, 7) is 1.46. The normalized spacial score (nSPS) is 16.0. The molecule has 0 unspecified atom stereocenters. The summed E-state index contributed by atoms with van der Waals surface area (Å²) in [5, 5.41) is 0. The number of hydrogen-bond donors (Lipinski definition) is 0. The molecule has 3 aromatic rings. The molecule has 4 rings (SSSR count). The number of pyridine rings is 1. The number of ether oxygens (including phenoxy) is 1. The number of benzene rings is 1. The second-order valence-electron chi connectivity index (χ2n) is 8.31. The number of carbonyl (C=O) groups is 1. The minimum absolute atomic E-state index is 0.147. The molecular weight excluding hydrogens is 402 g/mol. The van der Waals surface area contributed by atoms with Gasteiger partial charge in [0.2, 0.25) is 5.91 Å². The molecule has 0 radical (unpaired) electrons. The van der Waals surface area contributed by atoms with Crippen molar-refractivity contribution in [1.82, 2.24) is 19.9 Å². The molecule has 0 saturated carbocycles. The summed E-state index contributed by atoms with van der Waals surface area (Å²) in [5.41, 5.74) is 2.86. The van der Waals surface area contributed by atoms with E-state index < -0.39 is 0 Å². The number of carbonyl (C=O) groups excluding carboxylic acids is 1. The Hall–Kier alpha value is -3.48. The molecule has 7 heteroatoms. The van der Waals surface area contributed by atoms with Crippen LogP contribution in [0.5, 0.6) is 5.75 Å². The molecule has 1 aliphatic rings. The summed E-state index contributed by atoms with van der Waals surface area (Å²) in [5.74, 6) is 2.65. The fraction of sp³-hybridized carbons (Fsp3) is 0.360. The van der Waals surface area contributed by atoms with Crippen molar-refractivity contribution in [2.45, 2.75) is 25.2 Å². The van der Waals surface area contributed by atoms with Crippen LogP contribution in [0.3, 0.4) is 0 Å². The SMILES string of the molecule is COc1ccc(CC(=O)N2CCC[C@@H](c3cc(N(C)C)nc(-c4cccnc4)n3)C2)cc1. The van der Waals surface area contributed by atoms with Crippen molar-refractivity contribution in [3.05, 3.63) is 66.1 Å². The first-order valence-corrected chi connectivity index (χ1v) is 10.9. The Bertz CT molecular complexity index is 1050. The van der Waals surface area contributed by atoms with Gasteiger partial charge >= 0.3 is 0 Å². The molecule has 0 aliphatic carbocycles. The largest absolute Gasteiger partial charge is 0.497 e. The fourth-order valence-corrected chi connectivity index (χ4v) is 3.99. The van der Waals surface area contributed by atoms with Crippen LogP contribution in [-0.4, -0.2) is 60.1 Å². The van der Waals surface area contributed by atoms with Gasteiger partial charge in [-0.15, -0.1) is 0 Å². The maximum Gasteiger partial charge on any atom is 0.227 e. The maximum absolute atomic E-state index is 13.0. The van der Waals surface area contributed by atoms with Gasteiger partial charge in [0.25, 0.3) is 0 Å². The van der Waals surface area contributed by atoms with Crippen LogP contribution < -0.4 is 9.64 Å². The van der Waals surface area contributed by atoms with Crippen molar-refractivity contribution >= 4 is 11.7 Å². The number of piperidine rings is 1. The summed E-state index contributed by atoms with van der Waals surface area (Å²) in [7, 11) is 5.60.